The van der Waals surface area contributed by atoms with Gasteiger partial charge in [-0.25, -0.2) is 9.18 Å². The Kier molecular flexibility index (Phi) is 4.16. The Morgan fingerprint density at radius 1 is 1.40 bits per heavy atom. The molecule has 0 aromatic heterocycles. The van der Waals surface area contributed by atoms with Crippen molar-refractivity contribution in [1.29, 1.82) is 0 Å². The van der Waals surface area contributed by atoms with E-state index < -0.39 is 11.8 Å². The van der Waals surface area contributed by atoms with E-state index in [9.17, 15) is 9.18 Å². The molecule has 20 heavy (non-hydrogen) atoms. The molecule has 1 aromatic carbocycles. The Labute approximate surface area is 118 Å². The summed E-state index contributed by atoms with van der Waals surface area (Å²) < 4.78 is 18.9. The zero-order valence-corrected chi connectivity index (χ0v) is 12.1. The Morgan fingerprint density at radius 2 is 2.10 bits per heavy atom. The van der Waals surface area contributed by atoms with Gasteiger partial charge in [0.2, 0.25) is 0 Å². The molecule has 0 radical (unpaired) electrons. The minimum atomic E-state index is -0.540. The average molecular weight is 280 g/mol. The second kappa shape index (κ2) is 5.69. The number of ether oxygens (including phenoxy) is 1. The van der Waals surface area contributed by atoms with Crippen LogP contribution in [-0.2, 0) is 4.74 Å². The van der Waals surface area contributed by atoms with Crippen molar-refractivity contribution in [2.45, 2.75) is 32.7 Å². The van der Waals surface area contributed by atoms with Gasteiger partial charge in [-0.05, 0) is 37.8 Å². The van der Waals surface area contributed by atoms with Gasteiger partial charge in [-0.15, -0.1) is 0 Å². The quantitative estimate of drug-likeness (QED) is 0.668. The van der Waals surface area contributed by atoms with Gasteiger partial charge in [-0.2, -0.15) is 0 Å². The lowest BCUT2D eigenvalue weighted by molar-refractivity contribution is 0.0602. The van der Waals surface area contributed by atoms with E-state index in [1.807, 2.05) is 4.90 Å². The Bertz CT molecular complexity index is 519. The fourth-order valence-electron chi connectivity index (χ4n) is 2.71. The van der Waals surface area contributed by atoms with Crippen LogP contribution in [0, 0.1) is 11.7 Å². The number of methoxy groups -OCH3 is 1. The molecule has 0 bridgehead atoms. The summed E-state index contributed by atoms with van der Waals surface area (Å²) in [4.78, 5) is 13.7. The molecule has 2 rings (SSSR count). The molecule has 1 aromatic rings. The van der Waals surface area contributed by atoms with Gasteiger partial charge in [0.25, 0.3) is 0 Å². The largest absolute Gasteiger partial charge is 0.465 e. The lowest BCUT2D eigenvalue weighted by Crippen LogP contribution is -2.41. The molecule has 1 fully saturated rings. The Hall–Kier alpha value is -1.78. The Morgan fingerprint density at radius 3 is 2.75 bits per heavy atom. The van der Waals surface area contributed by atoms with Crippen molar-refractivity contribution in [3.05, 3.63) is 23.5 Å². The SMILES string of the molecule is COC(=O)c1cc(N2CC(C)CCC2C)c(F)cc1N. The van der Waals surface area contributed by atoms with Crippen LogP contribution in [0.25, 0.3) is 0 Å². The molecule has 0 aliphatic carbocycles. The van der Waals surface area contributed by atoms with Crippen LogP contribution in [0.5, 0.6) is 0 Å². The molecule has 1 saturated heterocycles. The zero-order valence-electron chi connectivity index (χ0n) is 12.1. The fraction of sp³-hybridized carbons (Fsp3) is 0.533. The van der Waals surface area contributed by atoms with Gasteiger partial charge in [-0.3, -0.25) is 0 Å². The second-order valence-corrected chi connectivity index (χ2v) is 5.57. The van der Waals surface area contributed by atoms with Crippen LogP contribution in [0.15, 0.2) is 12.1 Å². The van der Waals surface area contributed by atoms with Crippen molar-refractivity contribution < 1.29 is 13.9 Å². The molecule has 2 N–H and O–H groups in total. The van der Waals surface area contributed by atoms with Gasteiger partial charge in [0, 0.05) is 18.3 Å². The van der Waals surface area contributed by atoms with Gasteiger partial charge in [-0.1, -0.05) is 6.92 Å². The van der Waals surface area contributed by atoms with Crippen LogP contribution in [0.2, 0.25) is 0 Å². The smallest absolute Gasteiger partial charge is 0.340 e. The predicted octanol–water partition coefficient (Wildman–Crippen LogP) is 2.82. The first kappa shape index (κ1) is 14.6. The number of halogens is 1. The summed E-state index contributed by atoms with van der Waals surface area (Å²) in [6, 6.07) is 2.95. The number of piperidine rings is 1. The van der Waals surface area contributed by atoms with Crippen LogP contribution in [0.1, 0.15) is 37.0 Å². The van der Waals surface area contributed by atoms with E-state index in [1.54, 1.807) is 0 Å². The average Bonchev–Trinajstić information content (AvgIpc) is 2.41. The third-order valence-corrected chi connectivity index (χ3v) is 3.95. The highest BCUT2D eigenvalue weighted by atomic mass is 19.1. The molecule has 0 spiro atoms. The first-order chi connectivity index (χ1) is 9.43. The topological polar surface area (TPSA) is 55.6 Å². The summed E-state index contributed by atoms with van der Waals surface area (Å²) in [6.45, 7) is 5.00. The van der Waals surface area contributed by atoms with Crippen LogP contribution in [-0.4, -0.2) is 25.7 Å². The van der Waals surface area contributed by atoms with Crippen molar-refractivity contribution in [1.82, 2.24) is 0 Å². The van der Waals surface area contributed by atoms with Crippen molar-refractivity contribution in [2.24, 2.45) is 5.92 Å². The summed E-state index contributed by atoms with van der Waals surface area (Å²) in [6.07, 6.45) is 2.15. The molecule has 2 atom stereocenters. The third kappa shape index (κ3) is 2.71. The van der Waals surface area contributed by atoms with E-state index in [0.29, 0.717) is 11.6 Å². The van der Waals surface area contributed by atoms with Crippen LogP contribution in [0.3, 0.4) is 0 Å². The van der Waals surface area contributed by atoms with Crippen molar-refractivity contribution >= 4 is 17.3 Å². The van der Waals surface area contributed by atoms with Gasteiger partial charge in [0.1, 0.15) is 5.82 Å². The van der Waals surface area contributed by atoms with E-state index in [-0.39, 0.29) is 17.3 Å². The van der Waals surface area contributed by atoms with Gasteiger partial charge in [0.05, 0.1) is 18.4 Å². The Balaban J connectivity index is 2.42. The first-order valence-corrected chi connectivity index (χ1v) is 6.88. The number of hydrogen-bond donors (Lipinski definition) is 1. The summed E-state index contributed by atoms with van der Waals surface area (Å²) in [5, 5.41) is 0. The monoisotopic (exact) mass is 280 g/mol. The molecular weight excluding hydrogens is 259 g/mol. The van der Waals surface area contributed by atoms with Gasteiger partial charge >= 0.3 is 5.97 Å². The van der Waals surface area contributed by atoms with Crippen LogP contribution in [0.4, 0.5) is 15.8 Å². The van der Waals surface area contributed by atoms with E-state index in [2.05, 4.69) is 18.6 Å². The zero-order chi connectivity index (χ0) is 14.9. The summed E-state index contributed by atoms with van der Waals surface area (Å²) in [7, 11) is 1.29. The third-order valence-electron chi connectivity index (χ3n) is 3.95. The maximum Gasteiger partial charge on any atom is 0.340 e. The normalized spacial score (nSPS) is 22.7. The fourth-order valence-corrected chi connectivity index (χ4v) is 2.71. The number of benzene rings is 1. The minimum Gasteiger partial charge on any atom is -0.465 e. The number of nitrogens with zero attached hydrogens (tertiary/aromatic N) is 1. The molecule has 1 aliphatic rings. The van der Waals surface area contributed by atoms with Crippen molar-refractivity contribution in [3.63, 3.8) is 0 Å². The lowest BCUT2D eigenvalue weighted by Gasteiger charge is -2.39. The summed E-state index contributed by atoms with van der Waals surface area (Å²) in [5.74, 6) is -0.428. The maximum absolute atomic E-state index is 14.2. The van der Waals surface area contributed by atoms with E-state index >= 15 is 0 Å². The van der Waals surface area contributed by atoms with E-state index in [4.69, 9.17) is 5.73 Å². The van der Waals surface area contributed by atoms with Gasteiger partial charge < -0.3 is 15.4 Å². The molecule has 110 valence electrons. The molecule has 5 heteroatoms. The predicted molar refractivity (Wildman–Crippen MR) is 77.4 cm³/mol. The highest BCUT2D eigenvalue weighted by Crippen LogP contribution is 2.32. The van der Waals surface area contributed by atoms with E-state index in [0.717, 1.165) is 19.4 Å². The number of carbonyl (C=O) groups excluding carboxylic acids is 1. The molecule has 2 unspecified atom stereocenters. The summed E-state index contributed by atoms with van der Waals surface area (Å²) >= 11 is 0. The molecule has 1 aliphatic heterocycles. The second-order valence-electron chi connectivity index (χ2n) is 5.57. The number of nitrogens with two attached hydrogens (primary N) is 1. The number of hydrogen-bond acceptors (Lipinski definition) is 4. The number of anilines is 2. The number of nitrogen functional groups attached to an aromatic ring is 1. The van der Waals surface area contributed by atoms with Crippen LogP contribution < -0.4 is 10.6 Å². The molecular formula is C15H21FN2O2. The maximum atomic E-state index is 14.2. The molecule has 0 amide bonds. The minimum absolute atomic E-state index is 0.107. The molecule has 0 saturated carbocycles. The summed E-state index contributed by atoms with van der Waals surface area (Å²) in [5.41, 5.74) is 6.45. The highest BCUT2D eigenvalue weighted by Gasteiger charge is 2.26. The van der Waals surface area contributed by atoms with Gasteiger partial charge in [0.15, 0.2) is 0 Å². The molecule has 4 nitrogen and oxygen atoms in total. The van der Waals surface area contributed by atoms with Crippen LogP contribution >= 0.6 is 0 Å². The highest BCUT2D eigenvalue weighted by molar-refractivity contribution is 5.96. The first-order valence-electron chi connectivity index (χ1n) is 6.88. The van der Waals surface area contributed by atoms with E-state index in [1.165, 1.54) is 19.2 Å². The van der Waals surface area contributed by atoms with Crippen molar-refractivity contribution in [3.8, 4) is 0 Å². The standard InChI is InChI=1S/C15H21FN2O2/c1-9-4-5-10(2)18(8-9)14-6-11(15(19)20-3)13(17)7-12(14)16/h6-7,9-10H,4-5,8,17H2,1-3H3. The number of esters is 1. The number of carbonyl (C=O) groups is 1. The van der Waals surface area contributed by atoms with Crippen molar-refractivity contribution in [2.75, 3.05) is 24.3 Å². The lowest BCUT2D eigenvalue weighted by atomic mass is 9.94. The number of rotatable bonds is 2. The molecule has 1 heterocycles.